The van der Waals surface area contributed by atoms with E-state index in [-0.39, 0.29) is 0 Å². The molecular formula is C26H34N4S. The summed E-state index contributed by atoms with van der Waals surface area (Å²) in [5.74, 6) is 0.738. The molecule has 0 saturated carbocycles. The minimum Gasteiger partial charge on any atom is -0.397 e. The summed E-state index contributed by atoms with van der Waals surface area (Å²) >= 11 is 1.70. The van der Waals surface area contributed by atoms with Gasteiger partial charge in [0.25, 0.3) is 0 Å². The van der Waals surface area contributed by atoms with E-state index in [0.29, 0.717) is 0 Å². The highest BCUT2D eigenvalue weighted by molar-refractivity contribution is 8.00. The molecule has 0 unspecified atom stereocenters. The van der Waals surface area contributed by atoms with Crippen LogP contribution in [0.15, 0.2) is 83.8 Å². The summed E-state index contributed by atoms with van der Waals surface area (Å²) in [5, 5.41) is 6.92. The number of piperidine rings is 1. The third-order valence-corrected chi connectivity index (χ3v) is 6.33. The number of nitrogens with two attached hydrogens (primary N) is 1. The molecule has 0 spiro atoms. The normalized spacial score (nSPS) is 13.7. The van der Waals surface area contributed by atoms with E-state index >= 15 is 0 Å². The van der Waals surface area contributed by atoms with Crippen molar-refractivity contribution in [3.8, 4) is 0 Å². The Kier molecular flexibility index (Phi) is 9.13. The van der Waals surface area contributed by atoms with E-state index in [2.05, 4.69) is 77.4 Å². The first kappa shape index (κ1) is 23.0. The monoisotopic (exact) mass is 434 g/mol. The van der Waals surface area contributed by atoms with Gasteiger partial charge < -0.3 is 20.7 Å². The van der Waals surface area contributed by atoms with Crippen LogP contribution in [0.2, 0.25) is 0 Å². The first-order valence-electron chi connectivity index (χ1n) is 10.9. The second-order valence-corrected chi connectivity index (χ2v) is 9.10. The van der Waals surface area contributed by atoms with E-state index < -0.39 is 0 Å². The van der Waals surface area contributed by atoms with Crippen LogP contribution in [0.1, 0.15) is 18.4 Å². The maximum atomic E-state index is 6.26. The molecule has 3 aromatic rings. The Bertz CT molecular complexity index is 896. The van der Waals surface area contributed by atoms with Crippen molar-refractivity contribution in [2.45, 2.75) is 24.7 Å². The largest absolute Gasteiger partial charge is 0.397 e. The lowest BCUT2D eigenvalue weighted by Crippen LogP contribution is -2.31. The molecule has 0 atom stereocenters. The minimum absolute atomic E-state index is 0.738. The molecule has 1 heterocycles. The Morgan fingerprint density at radius 1 is 0.968 bits per heavy atom. The molecule has 4 nitrogen and oxygen atoms in total. The molecule has 4 N–H and O–H groups in total. The lowest BCUT2D eigenvalue weighted by molar-refractivity contribution is 0.390. The van der Waals surface area contributed by atoms with E-state index in [9.17, 15) is 0 Å². The van der Waals surface area contributed by atoms with Gasteiger partial charge in [0.15, 0.2) is 0 Å². The van der Waals surface area contributed by atoms with Crippen LogP contribution in [0.5, 0.6) is 0 Å². The van der Waals surface area contributed by atoms with Crippen LogP contribution in [0, 0.1) is 12.8 Å². The van der Waals surface area contributed by atoms with Crippen molar-refractivity contribution in [1.82, 2.24) is 5.32 Å². The van der Waals surface area contributed by atoms with Crippen LogP contribution in [-0.4, -0.2) is 26.7 Å². The first-order valence-corrected chi connectivity index (χ1v) is 11.7. The highest BCUT2D eigenvalue weighted by atomic mass is 32.2. The summed E-state index contributed by atoms with van der Waals surface area (Å²) in [6.45, 7) is 5.34. The van der Waals surface area contributed by atoms with Crippen molar-refractivity contribution in [2.75, 3.05) is 42.0 Å². The van der Waals surface area contributed by atoms with Crippen LogP contribution < -0.4 is 20.7 Å². The maximum Gasteiger partial charge on any atom is 0.0575 e. The maximum absolute atomic E-state index is 6.26. The van der Waals surface area contributed by atoms with Gasteiger partial charge in [-0.1, -0.05) is 54.1 Å². The molecule has 0 radical (unpaired) electrons. The molecule has 0 bridgehead atoms. The first-order chi connectivity index (χ1) is 15.1. The molecule has 4 rings (SSSR count). The van der Waals surface area contributed by atoms with Crippen LogP contribution in [0.25, 0.3) is 0 Å². The van der Waals surface area contributed by atoms with Gasteiger partial charge >= 0.3 is 0 Å². The fourth-order valence-electron chi connectivity index (χ4n) is 3.47. The highest BCUT2D eigenvalue weighted by Crippen LogP contribution is 2.31. The van der Waals surface area contributed by atoms with Gasteiger partial charge in [-0.25, -0.2) is 0 Å². The number of rotatable bonds is 6. The molecular weight excluding hydrogens is 400 g/mol. The van der Waals surface area contributed by atoms with E-state index in [0.717, 1.165) is 42.6 Å². The second-order valence-electron chi connectivity index (χ2n) is 7.90. The summed E-state index contributed by atoms with van der Waals surface area (Å²) in [6, 6.07) is 26.9. The van der Waals surface area contributed by atoms with Gasteiger partial charge in [-0.05, 0) is 81.1 Å². The van der Waals surface area contributed by atoms with Gasteiger partial charge in [-0.15, -0.1) is 0 Å². The minimum atomic E-state index is 0.738. The average molecular weight is 435 g/mol. The SMILES string of the molecule is CN(Sc1ccccc1)c1ccc(NCC2CCNCC2)c(N)c1.Cc1ccccc1. The number of aryl methyl sites for hydroxylation is 1. The molecule has 5 heteroatoms. The smallest absolute Gasteiger partial charge is 0.0575 e. The number of nitrogens with one attached hydrogen (secondary N) is 2. The van der Waals surface area contributed by atoms with E-state index in [4.69, 9.17) is 5.73 Å². The number of anilines is 3. The molecule has 31 heavy (non-hydrogen) atoms. The number of benzene rings is 3. The van der Waals surface area contributed by atoms with E-state index in [1.54, 1.807) is 11.9 Å². The number of nitrogens with zero attached hydrogens (tertiary/aromatic N) is 1. The molecule has 0 aliphatic carbocycles. The predicted molar refractivity (Wildman–Crippen MR) is 137 cm³/mol. The molecule has 0 amide bonds. The van der Waals surface area contributed by atoms with Crippen molar-refractivity contribution >= 4 is 29.0 Å². The Labute approximate surface area is 191 Å². The zero-order chi connectivity index (χ0) is 21.9. The molecule has 1 fully saturated rings. The average Bonchev–Trinajstić information content (AvgIpc) is 2.80. The van der Waals surface area contributed by atoms with Crippen molar-refractivity contribution in [3.05, 3.63) is 84.4 Å². The highest BCUT2D eigenvalue weighted by Gasteiger charge is 2.13. The Balaban J connectivity index is 0.000000330. The standard InChI is InChI=1S/C19H26N4S.C7H8/c1-23(24-17-5-3-2-4-6-17)16-7-8-19(18(20)13-16)22-14-15-9-11-21-12-10-15;1-7-5-3-2-4-6-7/h2-8,13,15,21-22H,9-12,14,20H2,1H3;2-6H,1H3. The van der Waals surface area contributed by atoms with Crippen molar-refractivity contribution < 1.29 is 0 Å². The van der Waals surface area contributed by atoms with Gasteiger partial charge in [0.2, 0.25) is 0 Å². The lowest BCUT2D eigenvalue weighted by atomic mass is 9.98. The number of hydrogen-bond donors (Lipinski definition) is 3. The molecule has 1 saturated heterocycles. The summed E-state index contributed by atoms with van der Waals surface area (Å²) in [6.07, 6.45) is 2.48. The van der Waals surface area contributed by atoms with Crippen molar-refractivity contribution in [3.63, 3.8) is 0 Å². The van der Waals surface area contributed by atoms with Crippen LogP contribution in [0.4, 0.5) is 17.1 Å². The predicted octanol–water partition coefficient (Wildman–Crippen LogP) is 5.82. The fraction of sp³-hybridized carbons (Fsp3) is 0.308. The van der Waals surface area contributed by atoms with Crippen LogP contribution in [-0.2, 0) is 0 Å². The molecule has 164 valence electrons. The summed E-state index contributed by atoms with van der Waals surface area (Å²) in [7, 11) is 2.06. The van der Waals surface area contributed by atoms with Gasteiger partial charge in [0.1, 0.15) is 0 Å². The molecule has 3 aromatic carbocycles. The topological polar surface area (TPSA) is 53.3 Å². The van der Waals surface area contributed by atoms with Gasteiger partial charge in [-0.2, -0.15) is 0 Å². The Hall–Kier alpha value is -2.63. The summed E-state index contributed by atoms with van der Waals surface area (Å²) in [4.78, 5) is 1.21. The molecule has 1 aliphatic heterocycles. The fourth-order valence-corrected chi connectivity index (χ4v) is 4.29. The number of nitrogen functional groups attached to an aromatic ring is 1. The van der Waals surface area contributed by atoms with Crippen molar-refractivity contribution in [1.29, 1.82) is 0 Å². The third-order valence-electron chi connectivity index (χ3n) is 5.36. The summed E-state index contributed by atoms with van der Waals surface area (Å²) in [5.41, 5.74) is 10.5. The molecule has 0 aromatic heterocycles. The number of hydrogen-bond acceptors (Lipinski definition) is 5. The Morgan fingerprint density at radius 3 is 2.19 bits per heavy atom. The van der Waals surface area contributed by atoms with E-state index in [1.807, 2.05) is 30.3 Å². The van der Waals surface area contributed by atoms with Crippen LogP contribution >= 0.6 is 11.9 Å². The van der Waals surface area contributed by atoms with Crippen LogP contribution in [0.3, 0.4) is 0 Å². The molecule has 1 aliphatic rings. The third kappa shape index (κ3) is 7.85. The quantitative estimate of drug-likeness (QED) is 0.337. The zero-order valence-electron chi connectivity index (χ0n) is 18.6. The zero-order valence-corrected chi connectivity index (χ0v) is 19.4. The van der Waals surface area contributed by atoms with Crippen molar-refractivity contribution in [2.24, 2.45) is 5.92 Å². The lowest BCUT2D eigenvalue weighted by Gasteiger charge is -2.24. The van der Waals surface area contributed by atoms with E-state index in [1.165, 1.54) is 23.3 Å². The van der Waals surface area contributed by atoms with Gasteiger partial charge in [0.05, 0.1) is 11.4 Å². The second kappa shape index (κ2) is 12.3. The summed E-state index contributed by atoms with van der Waals surface area (Å²) < 4.78 is 2.14. The van der Waals surface area contributed by atoms with Gasteiger partial charge in [0, 0.05) is 24.2 Å². The Morgan fingerprint density at radius 2 is 1.61 bits per heavy atom. The van der Waals surface area contributed by atoms with Gasteiger partial charge in [-0.3, -0.25) is 0 Å².